The number of aryl methyl sites for hydroxylation is 1. The van der Waals surface area contributed by atoms with Gasteiger partial charge in [0, 0.05) is 6.04 Å². The van der Waals surface area contributed by atoms with Crippen LogP contribution in [0.4, 0.5) is 0 Å². The van der Waals surface area contributed by atoms with Gasteiger partial charge >= 0.3 is 0 Å². The van der Waals surface area contributed by atoms with Crippen molar-refractivity contribution in [1.82, 2.24) is 3.96 Å². The number of hydrogen-bond donors (Lipinski definition) is 0. The van der Waals surface area contributed by atoms with E-state index in [2.05, 4.69) is 0 Å². The van der Waals surface area contributed by atoms with E-state index in [0.717, 1.165) is 10.1 Å². The van der Waals surface area contributed by atoms with Gasteiger partial charge in [-0.15, -0.1) is 0 Å². The summed E-state index contributed by atoms with van der Waals surface area (Å²) in [5.41, 5.74) is 1.33. The topological polar surface area (TPSA) is 22.0 Å². The maximum Gasteiger partial charge on any atom is 0.268 e. The second-order valence-electron chi connectivity index (χ2n) is 3.77. The fraction of sp³-hybridized carbons (Fsp3) is 0.364. The Hall–Kier alpha value is -1.09. The van der Waals surface area contributed by atoms with Gasteiger partial charge in [-0.2, -0.15) is 0 Å². The van der Waals surface area contributed by atoms with E-state index in [9.17, 15) is 4.79 Å². The number of benzene rings is 1. The lowest BCUT2D eigenvalue weighted by atomic mass is 10.2. The lowest BCUT2D eigenvalue weighted by Gasteiger charge is -2.01. The molecular weight excluding hydrogens is 194 g/mol. The van der Waals surface area contributed by atoms with Crippen LogP contribution in [0.15, 0.2) is 23.0 Å². The zero-order valence-corrected chi connectivity index (χ0v) is 9.39. The predicted molar refractivity (Wildman–Crippen MR) is 61.2 cm³/mol. The van der Waals surface area contributed by atoms with E-state index in [1.807, 2.05) is 42.9 Å². The molecule has 0 N–H and O–H groups in total. The van der Waals surface area contributed by atoms with E-state index in [0.29, 0.717) is 0 Å². The first kappa shape index (κ1) is 9.46. The first-order chi connectivity index (χ1) is 6.61. The molecule has 3 heteroatoms. The minimum absolute atomic E-state index is 0.142. The van der Waals surface area contributed by atoms with E-state index in [1.165, 1.54) is 5.56 Å². The summed E-state index contributed by atoms with van der Waals surface area (Å²) >= 11 is 1.56. The van der Waals surface area contributed by atoms with Gasteiger partial charge in [-0.3, -0.25) is 8.75 Å². The molecule has 0 aliphatic heterocycles. The molecule has 0 saturated carbocycles. The van der Waals surface area contributed by atoms with Crippen molar-refractivity contribution in [1.29, 1.82) is 0 Å². The highest BCUT2D eigenvalue weighted by atomic mass is 32.1. The Kier molecular flexibility index (Phi) is 2.19. The number of hydrogen-bond acceptors (Lipinski definition) is 2. The van der Waals surface area contributed by atoms with Gasteiger partial charge < -0.3 is 0 Å². The van der Waals surface area contributed by atoms with Gasteiger partial charge in [0.1, 0.15) is 0 Å². The summed E-state index contributed by atoms with van der Waals surface area (Å²) in [5, 5.41) is 0.851. The molecular formula is C11H13NOS. The molecule has 0 atom stereocenters. The van der Waals surface area contributed by atoms with Crippen LogP contribution < -0.4 is 5.56 Å². The molecule has 1 aromatic carbocycles. The van der Waals surface area contributed by atoms with E-state index < -0.39 is 0 Å². The highest BCUT2D eigenvalue weighted by Gasteiger charge is 2.10. The van der Waals surface area contributed by atoms with Gasteiger partial charge in [0.15, 0.2) is 0 Å². The molecule has 1 aromatic heterocycles. The van der Waals surface area contributed by atoms with E-state index in [1.54, 1.807) is 11.5 Å². The fourth-order valence-corrected chi connectivity index (χ4v) is 2.59. The maximum absolute atomic E-state index is 11.9. The molecule has 14 heavy (non-hydrogen) atoms. The van der Waals surface area contributed by atoms with E-state index in [4.69, 9.17) is 0 Å². The van der Waals surface area contributed by atoms with Crippen molar-refractivity contribution in [3.63, 3.8) is 0 Å². The molecule has 2 nitrogen and oxygen atoms in total. The van der Waals surface area contributed by atoms with Crippen molar-refractivity contribution < 1.29 is 0 Å². The molecule has 0 aliphatic rings. The van der Waals surface area contributed by atoms with E-state index in [-0.39, 0.29) is 11.6 Å². The van der Waals surface area contributed by atoms with Crippen LogP contribution in [0.5, 0.6) is 0 Å². The fourth-order valence-electron chi connectivity index (χ4n) is 1.54. The second-order valence-corrected chi connectivity index (χ2v) is 4.75. The summed E-state index contributed by atoms with van der Waals surface area (Å²) in [6.07, 6.45) is 0. The smallest absolute Gasteiger partial charge is 0.268 e. The largest absolute Gasteiger partial charge is 0.268 e. The van der Waals surface area contributed by atoms with Gasteiger partial charge in [-0.25, -0.2) is 0 Å². The van der Waals surface area contributed by atoms with Gasteiger partial charge in [-0.1, -0.05) is 23.7 Å². The zero-order chi connectivity index (χ0) is 10.3. The minimum Gasteiger partial charge on any atom is -0.268 e. The third-order valence-electron chi connectivity index (χ3n) is 2.30. The molecule has 2 aromatic rings. The van der Waals surface area contributed by atoms with Crippen LogP contribution in [-0.4, -0.2) is 3.96 Å². The Morgan fingerprint density at radius 1 is 1.36 bits per heavy atom. The maximum atomic E-state index is 11.9. The average Bonchev–Trinajstić information content (AvgIpc) is 2.46. The Morgan fingerprint density at radius 3 is 2.64 bits per heavy atom. The molecule has 0 fully saturated rings. The van der Waals surface area contributed by atoms with Gasteiger partial charge in [-0.05, 0) is 32.4 Å². The van der Waals surface area contributed by atoms with E-state index >= 15 is 0 Å². The molecule has 0 amide bonds. The van der Waals surface area contributed by atoms with Gasteiger partial charge in [0.25, 0.3) is 5.56 Å². The molecule has 2 rings (SSSR count). The Balaban J connectivity index is 2.87. The molecule has 0 radical (unpaired) electrons. The zero-order valence-electron chi connectivity index (χ0n) is 8.57. The van der Waals surface area contributed by atoms with Crippen molar-refractivity contribution in [2.45, 2.75) is 26.8 Å². The van der Waals surface area contributed by atoms with Crippen molar-refractivity contribution >= 4 is 21.6 Å². The van der Waals surface area contributed by atoms with Gasteiger partial charge in [0.2, 0.25) is 0 Å². The first-order valence-electron chi connectivity index (χ1n) is 4.72. The summed E-state index contributed by atoms with van der Waals surface area (Å²) in [4.78, 5) is 11.9. The molecule has 0 saturated heterocycles. The van der Waals surface area contributed by atoms with Crippen LogP contribution >= 0.6 is 11.5 Å². The summed E-state index contributed by atoms with van der Waals surface area (Å²) in [7, 11) is 0. The standard InChI is InChI=1S/C11H13NOS/c1-7(2)12-11(13)9-6-4-5-8(3)10(9)14-12/h4-7H,1-3H3. The molecule has 0 bridgehead atoms. The number of rotatable bonds is 1. The third-order valence-corrected chi connectivity index (χ3v) is 3.81. The highest BCUT2D eigenvalue weighted by molar-refractivity contribution is 7.14. The predicted octanol–water partition coefficient (Wildman–Crippen LogP) is 2.95. The monoisotopic (exact) mass is 207 g/mol. The summed E-state index contributed by atoms with van der Waals surface area (Å²) < 4.78 is 2.95. The number of nitrogens with zero attached hydrogens (tertiary/aromatic N) is 1. The van der Waals surface area contributed by atoms with Crippen LogP contribution in [-0.2, 0) is 0 Å². The molecule has 0 aliphatic carbocycles. The lowest BCUT2D eigenvalue weighted by molar-refractivity contribution is 0.636. The van der Waals surface area contributed by atoms with Gasteiger partial charge in [0.05, 0.1) is 10.1 Å². The second kappa shape index (κ2) is 3.24. The quantitative estimate of drug-likeness (QED) is 0.704. The Morgan fingerprint density at radius 2 is 2.07 bits per heavy atom. The highest BCUT2D eigenvalue weighted by Crippen LogP contribution is 2.22. The van der Waals surface area contributed by atoms with Crippen molar-refractivity contribution in [3.8, 4) is 0 Å². The third kappa shape index (κ3) is 1.28. The Labute approximate surface area is 86.9 Å². The van der Waals surface area contributed by atoms with Crippen LogP contribution in [0, 0.1) is 6.92 Å². The number of fused-ring (bicyclic) bond motifs is 1. The van der Waals surface area contributed by atoms with Crippen molar-refractivity contribution in [2.24, 2.45) is 0 Å². The Bertz CT molecular complexity index is 522. The van der Waals surface area contributed by atoms with Crippen molar-refractivity contribution in [2.75, 3.05) is 0 Å². The van der Waals surface area contributed by atoms with Crippen LogP contribution in [0.3, 0.4) is 0 Å². The normalized spacial score (nSPS) is 11.4. The minimum atomic E-state index is 0.142. The summed E-state index contributed by atoms with van der Waals surface area (Å²) in [6.45, 7) is 6.11. The molecule has 0 spiro atoms. The summed E-state index contributed by atoms with van der Waals surface area (Å²) in [5.74, 6) is 0. The van der Waals surface area contributed by atoms with Crippen molar-refractivity contribution in [3.05, 3.63) is 34.1 Å². The molecule has 1 heterocycles. The average molecular weight is 207 g/mol. The van der Waals surface area contributed by atoms with Crippen LogP contribution in [0.1, 0.15) is 25.5 Å². The SMILES string of the molecule is Cc1cccc2c(=O)n(C(C)C)sc12. The lowest BCUT2D eigenvalue weighted by Crippen LogP contribution is -2.14. The first-order valence-corrected chi connectivity index (χ1v) is 5.49. The van der Waals surface area contributed by atoms with Crippen LogP contribution in [0.2, 0.25) is 0 Å². The number of aromatic nitrogens is 1. The van der Waals surface area contributed by atoms with Crippen LogP contribution in [0.25, 0.3) is 10.1 Å². The molecule has 0 unspecified atom stereocenters. The summed E-state index contributed by atoms with van der Waals surface area (Å²) in [6, 6.07) is 6.14. The molecule has 74 valence electrons.